The molecule has 3 aliphatic rings. The number of ether oxygens (including phenoxy) is 2. The van der Waals surface area contributed by atoms with E-state index in [4.69, 9.17) is 15.2 Å². The maximum atomic E-state index is 15.1. The van der Waals surface area contributed by atoms with Crippen LogP contribution in [0.2, 0.25) is 0 Å². The SMILES string of the molecule is CC(C)(C)OC(=O)N1CC[C@@H](Oc2cc(N3C4CCC3CN(c3cc(-c5ccccc5O)nnc3N)C4)ccn2)[C@@H](F)C1. The maximum absolute atomic E-state index is 15.1. The fraction of sp³-hybridized carbons (Fsp3) is 0.484. The van der Waals surface area contributed by atoms with Crippen molar-refractivity contribution in [2.24, 2.45) is 0 Å². The van der Waals surface area contributed by atoms with Gasteiger partial charge in [0.25, 0.3) is 0 Å². The predicted octanol–water partition coefficient (Wildman–Crippen LogP) is 4.41. The fourth-order valence-electron chi connectivity index (χ4n) is 6.28. The molecule has 3 N–H and O–H groups in total. The number of halogens is 1. The first-order chi connectivity index (χ1) is 20.6. The van der Waals surface area contributed by atoms with Crippen molar-refractivity contribution in [1.29, 1.82) is 0 Å². The van der Waals surface area contributed by atoms with E-state index in [1.54, 1.807) is 45.2 Å². The van der Waals surface area contributed by atoms with E-state index in [1.807, 2.05) is 24.3 Å². The summed E-state index contributed by atoms with van der Waals surface area (Å²) in [6.45, 7) is 7.12. The number of hydrogen-bond acceptors (Lipinski definition) is 10. The van der Waals surface area contributed by atoms with Crippen LogP contribution in [-0.2, 0) is 4.74 Å². The number of anilines is 3. The summed E-state index contributed by atoms with van der Waals surface area (Å²) >= 11 is 0. The van der Waals surface area contributed by atoms with E-state index >= 15 is 4.39 Å². The Bertz CT molecular complexity index is 1470. The van der Waals surface area contributed by atoms with Crippen LogP contribution < -0.4 is 20.3 Å². The Hall–Kier alpha value is -4.35. The molecule has 0 aliphatic carbocycles. The molecule has 4 atom stereocenters. The summed E-state index contributed by atoms with van der Waals surface area (Å²) in [5, 5.41) is 18.7. The molecule has 0 saturated carbocycles. The lowest BCUT2D eigenvalue weighted by atomic mass is 10.1. The highest BCUT2D eigenvalue weighted by molar-refractivity contribution is 5.74. The van der Waals surface area contributed by atoms with Gasteiger partial charge in [0.1, 0.15) is 17.5 Å². The number of carbonyl (C=O) groups is 1. The maximum Gasteiger partial charge on any atom is 0.410 e. The van der Waals surface area contributed by atoms with Gasteiger partial charge < -0.3 is 35.0 Å². The second kappa shape index (κ2) is 11.4. The molecule has 0 radical (unpaired) electrons. The fourth-order valence-corrected chi connectivity index (χ4v) is 6.28. The highest BCUT2D eigenvalue weighted by Gasteiger charge is 2.41. The Kier molecular flexibility index (Phi) is 7.61. The molecule has 228 valence electrons. The van der Waals surface area contributed by atoms with Gasteiger partial charge in [-0.25, -0.2) is 14.2 Å². The van der Waals surface area contributed by atoms with Crippen LogP contribution in [0.25, 0.3) is 11.3 Å². The van der Waals surface area contributed by atoms with Crippen molar-refractivity contribution >= 4 is 23.3 Å². The Morgan fingerprint density at radius 1 is 1.05 bits per heavy atom. The molecule has 1 amide bonds. The summed E-state index contributed by atoms with van der Waals surface area (Å²) in [4.78, 5) is 22.8. The molecule has 0 spiro atoms. The number of rotatable bonds is 5. The Balaban J connectivity index is 1.13. The second-order valence-electron chi connectivity index (χ2n) is 12.5. The van der Waals surface area contributed by atoms with E-state index < -0.39 is 24.0 Å². The number of likely N-dealkylation sites (tertiary alicyclic amines) is 1. The molecule has 12 heteroatoms. The number of benzene rings is 1. The summed E-state index contributed by atoms with van der Waals surface area (Å²) in [5.41, 5.74) is 8.61. The van der Waals surface area contributed by atoms with Gasteiger partial charge in [-0.3, -0.25) is 0 Å². The number of amides is 1. The van der Waals surface area contributed by atoms with Gasteiger partial charge in [0.05, 0.1) is 17.9 Å². The zero-order valence-electron chi connectivity index (χ0n) is 24.7. The first-order valence-electron chi connectivity index (χ1n) is 14.8. The number of piperazine rings is 1. The average Bonchev–Trinajstić information content (AvgIpc) is 3.23. The molecular formula is C31H38FN7O4. The molecule has 2 aromatic heterocycles. The first kappa shape index (κ1) is 28.8. The summed E-state index contributed by atoms with van der Waals surface area (Å²) in [6.07, 6.45) is 1.51. The van der Waals surface area contributed by atoms with Crippen molar-refractivity contribution < 1.29 is 23.8 Å². The number of nitrogens with two attached hydrogens (primary N) is 1. The minimum absolute atomic E-state index is 0.0794. The zero-order chi connectivity index (χ0) is 30.3. The van der Waals surface area contributed by atoms with Crippen LogP contribution in [0.1, 0.15) is 40.0 Å². The lowest BCUT2D eigenvalue weighted by Gasteiger charge is -2.43. The number of pyridine rings is 1. The molecule has 3 saturated heterocycles. The van der Waals surface area contributed by atoms with Crippen molar-refractivity contribution in [3.63, 3.8) is 0 Å². The monoisotopic (exact) mass is 591 g/mol. The largest absolute Gasteiger partial charge is 0.507 e. The molecule has 3 aliphatic heterocycles. The van der Waals surface area contributed by atoms with Crippen LogP contribution in [0.3, 0.4) is 0 Å². The van der Waals surface area contributed by atoms with Crippen LogP contribution in [0.15, 0.2) is 48.7 Å². The smallest absolute Gasteiger partial charge is 0.410 e. The molecule has 3 fully saturated rings. The average molecular weight is 592 g/mol. The van der Waals surface area contributed by atoms with E-state index in [2.05, 4.69) is 25.0 Å². The number of para-hydroxylation sites is 1. The van der Waals surface area contributed by atoms with Gasteiger partial charge in [-0.05, 0) is 57.9 Å². The lowest BCUT2D eigenvalue weighted by Crippen LogP contribution is -2.54. The van der Waals surface area contributed by atoms with E-state index in [9.17, 15) is 9.90 Å². The third-order valence-electron chi connectivity index (χ3n) is 8.23. The molecule has 6 rings (SSSR count). The van der Waals surface area contributed by atoms with Crippen molar-refractivity contribution in [2.45, 2.75) is 70.0 Å². The number of nitrogens with zero attached hydrogens (tertiary/aromatic N) is 6. The third kappa shape index (κ3) is 6.09. The van der Waals surface area contributed by atoms with Crippen molar-refractivity contribution in [2.75, 3.05) is 41.7 Å². The van der Waals surface area contributed by atoms with Gasteiger partial charge in [0, 0.05) is 61.7 Å². The van der Waals surface area contributed by atoms with E-state index in [1.165, 1.54) is 4.90 Å². The molecule has 2 bridgehead atoms. The van der Waals surface area contributed by atoms with E-state index in [0.717, 1.165) is 37.3 Å². The molecule has 3 aromatic rings. The van der Waals surface area contributed by atoms with Gasteiger partial charge in [-0.2, -0.15) is 0 Å². The van der Waals surface area contributed by atoms with Gasteiger partial charge in [-0.1, -0.05) is 12.1 Å². The van der Waals surface area contributed by atoms with Gasteiger partial charge >= 0.3 is 6.09 Å². The van der Waals surface area contributed by atoms with Gasteiger partial charge in [-0.15, -0.1) is 10.2 Å². The Morgan fingerprint density at radius 2 is 1.79 bits per heavy atom. The topological polar surface area (TPSA) is 130 Å². The van der Waals surface area contributed by atoms with Crippen LogP contribution in [0.4, 0.5) is 26.4 Å². The quantitative estimate of drug-likeness (QED) is 0.440. The number of piperidine rings is 1. The van der Waals surface area contributed by atoms with Crippen LogP contribution in [-0.4, -0.2) is 87.4 Å². The number of phenolic OH excluding ortho intramolecular Hbond substituents is 1. The minimum atomic E-state index is -1.35. The normalized spacial score (nSPS) is 23.8. The number of carbonyl (C=O) groups excluding carboxylic acids is 1. The standard InChI is InChI=1S/C31H38FN7O4/c1-31(2,3)43-30(41)37-13-11-27(23(32)18-37)42-28-14-19(10-12-34-28)39-20-8-9-21(39)17-38(16-20)25-15-24(35-36-29(25)33)22-6-4-5-7-26(22)40/h4-7,10,12,14-15,20-21,23,27,40H,8-9,11,13,16-18H2,1-3H3,(H2,33,36)/t20?,21?,23-,27+/m0/s1. The van der Waals surface area contributed by atoms with Gasteiger partial charge in [0.2, 0.25) is 5.88 Å². The molecule has 1 aromatic carbocycles. The highest BCUT2D eigenvalue weighted by Crippen LogP contribution is 2.39. The van der Waals surface area contributed by atoms with Crippen molar-refractivity contribution in [3.05, 3.63) is 48.7 Å². The number of nitrogen functional groups attached to an aromatic ring is 1. The number of hydrogen-bond donors (Lipinski definition) is 2. The van der Waals surface area contributed by atoms with Gasteiger partial charge in [0.15, 0.2) is 12.0 Å². The van der Waals surface area contributed by atoms with Crippen LogP contribution in [0.5, 0.6) is 11.6 Å². The Morgan fingerprint density at radius 3 is 2.49 bits per heavy atom. The molecule has 2 unspecified atom stereocenters. The van der Waals surface area contributed by atoms with E-state index in [-0.39, 0.29) is 24.4 Å². The number of alkyl halides is 1. The Labute approximate surface area is 250 Å². The summed E-state index contributed by atoms with van der Waals surface area (Å²) in [5.74, 6) is 0.860. The summed E-state index contributed by atoms with van der Waals surface area (Å²) in [6, 6.07) is 13.2. The third-order valence-corrected chi connectivity index (χ3v) is 8.23. The zero-order valence-corrected chi connectivity index (χ0v) is 24.7. The van der Waals surface area contributed by atoms with Crippen LogP contribution in [0, 0.1) is 0 Å². The first-order valence-corrected chi connectivity index (χ1v) is 14.8. The molecule has 5 heterocycles. The number of aromatic hydroxyl groups is 1. The minimum Gasteiger partial charge on any atom is -0.507 e. The number of aromatic nitrogens is 3. The summed E-state index contributed by atoms with van der Waals surface area (Å²) in [7, 11) is 0. The van der Waals surface area contributed by atoms with Crippen molar-refractivity contribution in [3.8, 4) is 22.9 Å². The predicted molar refractivity (Wildman–Crippen MR) is 161 cm³/mol. The lowest BCUT2D eigenvalue weighted by molar-refractivity contribution is -0.0114. The molecule has 11 nitrogen and oxygen atoms in total. The second-order valence-corrected chi connectivity index (χ2v) is 12.5. The van der Waals surface area contributed by atoms with Crippen LogP contribution >= 0.6 is 0 Å². The summed E-state index contributed by atoms with van der Waals surface area (Å²) < 4.78 is 26.5. The van der Waals surface area contributed by atoms with E-state index in [0.29, 0.717) is 35.9 Å². The highest BCUT2D eigenvalue weighted by atomic mass is 19.1. The molecular weight excluding hydrogens is 553 g/mol. The molecule has 43 heavy (non-hydrogen) atoms. The van der Waals surface area contributed by atoms with Crippen molar-refractivity contribution in [1.82, 2.24) is 20.1 Å². The number of fused-ring (bicyclic) bond motifs is 2. The number of phenols is 1.